The van der Waals surface area contributed by atoms with Gasteiger partial charge < -0.3 is 19.8 Å². The molecule has 3 N–H and O–H groups in total. The Hall–Kier alpha value is -3.80. The molecule has 4 rings (SSSR count). The Balaban J connectivity index is 1.59. The monoisotopic (exact) mass is 600 g/mol. The summed E-state index contributed by atoms with van der Waals surface area (Å²) in [6, 6.07) is 9.23. The van der Waals surface area contributed by atoms with Crippen molar-refractivity contribution < 1.29 is 27.2 Å². The Kier molecular flexibility index (Phi) is 8.53. The normalized spacial score (nSPS) is 14.2. The highest BCUT2D eigenvalue weighted by atomic mass is 32.2. The maximum Gasteiger partial charge on any atom is 0.285 e. The van der Waals surface area contributed by atoms with Crippen molar-refractivity contribution in [2.75, 3.05) is 13.7 Å². The molecule has 0 radical (unpaired) electrons. The van der Waals surface area contributed by atoms with Crippen molar-refractivity contribution in [3.63, 3.8) is 0 Å². The van der Waals surface area contributed by atoms with E-state index in [1.54, 1.807) is 30.3 Å². The molecule has 1 saturated carbocycles. The Bertz CT molecular complexity index is 1580. The van der Waals surface area contributed by atoms with E-state index in [1.165, 1.54) is 13.8 Å². The van der Waals surface area contributed by atoms with Crippen LogP contribution in [0.25, 0.3) is 0 Å². The standard InChI is InChI=1S/C27H32N6O6S2/c1-17-7-8-18(39-17)6-5-13-33(25(35)27(11-12-27)21-10-9-19(38-4)15-30-21)16-22-31-23(20(14-28)40-22)24(34)32-41(36,37)26(2,3)29/h7-10,15H,5-6,11-13,16,29H2,1-4H3,(H,32,34). The summed E-state index contributed by atoms with van der Waals surface area (Å²) >= 11 is 0.928. The van der Waals surface area contributed by atoms with E-state index in [1.807, 2.05) is 29.8 Å². The minimum Gasteiger partial charge on any atom is -0.495 e. The largest absolute Gasteiger partial charge is 0.495 e. The first-order valence-corrected chi connectivity index (χ1v) is 15.2. The van der Waals surface area contributed by atoms with Crippen molar-refractivity contribution in [2.45, 2.75) is 63.3 Å². The van der Waals surface area contributed by atoms with Gasteiger partial charge in [-0.15, -0.1) is 11.3 Å². The van der Waals surface area contributed by atoms with Crippen LogP contribution >= 0.6 is 11.3 Å². The van der Waals surface area contributed by atoms with E-state index in [-0.39, 0.29) is 23.0 Å². The first-order valence-electron chi connectivity index (χ1n) is 12.9. The number of thiazole rings is 1. The first kappa shape index (κ1) is 30.2. The van der Waals surface area contributed by atoms with Gasteiger partial charge in [0.2, 0.25) is 5.91 Å². The molecule has 1 fully saturated rings. The maximum absolute atomic E-state index is 14.0. The first-order chi connectivity index (χ1) is 19.3. The maximum atomic E-state index is 14.0. The van der Waals surface area contributed by atoms with Gasteiger partial charge in [0.15, 0.2) is 5.69 Å². The number of nitrogens with zero attached hydrogens (tertiary/aromatic N) is 4. The van der Waals surface area contributed by atoms with Crippen LogP contribution in [0.5, 0.6) is 5.75 Å². The second-order valence-corrected chi connectivity index (χ2v) is 13.8. The topological polar surface area (TPSA) is 182 Å². The third-order valence-corrected chi connectivity index (χ3v) is 9.57. The summed E-state index contributed by atoms with van der Waals surface area (Å²) < 4.78 is 37.6. The Morgan fingerprint density at radius 2 is 2.02 bits per heavy atom. The van der Waals surface area contributed by atoms with Gasteiger partial charge in [0.25, 0.3) is 15.9 Å². The minimum atomic E-state index is -4.24. The van der Waals surface area contributed by atoms with E-state index >= 15 is 0 Å². The number of sulfonamides is 1. The number of nitrogens with one attached hydrogen (secondary N) is 1. The lowest BCUT2D eigenvalue weighted by Crippen LogP contribution is -2.50. The molecule has 218 valence electrons. The van der Waals surface area contributed by atoms with Gasteiger partial charge in [-0.1, -0.05) is 0 Å². The zero-order chi connectivity index (χ0) is 30.0. The van der Waals surface area contributed by atoms with Gasteiger partial charge in [-0.05, 0) is 64.3 Å². The number of nitriles is 1. The Morgan fingerprint density at radius 3 is 2.56 bits per heavy atom. The van der Waals surface area contributed by atoms with Crippen LogP contribution in [0.2, 0.25) is 0 Å². The van der Waals surface area contributed by atoms with Crippen LogP contribution in [0.4, 0.5) is 0 Å². The number of aryl methyl sites for hydroxylation is 2. The Labute approximate surface area is 242 Å². The summed E-state index contributed by atoms with van der Waals surface area (Å²) in [4.78, 5) is 35.4. The number of rotatable bonds is 12. The summed E-state index contributed by atoms with van der Waals surface area (Å²) in [6.45, 7) is 4.71. The molecular formula is C27H32N6O6S2. The molecule has 0 aromatic carbocycles. The van der Waals surface area contributed by atoms with Crippen LogP contribution in [0.3, 0.4) is 0 Å². The summed E-state index contributed by atoms with van der Waals surface area (Å²) in [6.07, 6.45) is 4.03. The number of carbonyl (C=O) groups is 2. The number of hydrogen-bond acceptors (Lipinski definition) is 11. The molecule has 1 aliphatic carbocycles. The predicted octanol–water partition coefficient (Wildman–Crippen LogP) is 2.77. The van der Waals surface area contributed by atoms with Crippen LogP contribution < -0.4 is 15.2 Å². The number of aromatic nitrogens is 2. The molecule has 3 aromatic heterocycles. The van der Waals surface area contributed by atoms with Crippen molar-refractivity contribution in [1.29, 1.82) is 5.26 Å². The number of carbonyl (C=O) groups excluding carboxylic acids is 2. The van der Waals surface area contributed by atoms with Gasteiger partial charge >= 0.3 is 0 Å². The summed E-state index contributed by atoms with van der Waals surface area (Å²) in [7, 11) is -2.69. The molecule has 0 atom stereocenters. The third kappa shape index (κ3) is 6.58. The quantitative estimate of drug-likeness (QED) is 0.314. The molecule has 1 aliphatic rings. The lowest BCUT2D eigenvalue weighted by atomic mass is 9.99. The van der Waals surface area contributed by atoms with E-state index in [4.69, 9.17) is 14.9 Å². The Morgan fingerprint density at radius 1 is 1.29 bits per heavy atom. The molecule has 12 nitrogen and oxygen atoms in total. The molecule has 0 saturated heterocycles. The van der Waals surface area contributed by atoms with E-state index in [0.29, 0.717) is 48.7 Å². The molecule has 2 amide bonds. The van der Waals surface area contributed by atoms with E-state index in [0.717, 1.165) is 22.9 Å². The predicted molar refractivity (Wildman–Crippen MR) is 150 cm³/mol. The van der Waals surface area contributed by atoms with E-state index < -0.39 is 26.2 Å². The average molecular weight is 601 g/mol. The van der Waals surface area contributed by atoms with E-state index in [2.05, 4.69) is 9.97 Å². The number of furan rings is 1. The summed E-state index contributed by atoms with van der Waals surface area (Å²) in [5, 5.41) is 9.96. The van der Waals surface area contributed by atoms with Gasteiger partial charge in [0, 0.05) is 13.0 Å². The third-order valence-electron chi connectivity index (χ3n) is 6.79. The molecule has 14 heteroatoms. The molecule has 0 unspecified atom stereocenters. The molecule has 41 heavy (non-hydrogen) atoms. The second-order valence-electron chi connectivity index (χ2n) is 10.4. The van der Waals surface area contributed by atoms with Crippen molar-refractivity contribution in [1.82, 2.24) is 19.6 Å². The molecule has 0 bridgehead atoms. The summed E-state index contributed by atoms with van der Waals surface area (Å²) in [5.74, 6) is 0.984. The lowest BCUT2D eigenvalue weighted by molar-refractivity contribution is -0.134. The van der Waals surface area contributed by atoms with E-state index in [9.17, 15) is 23.3 Å². The lowest BCUT2D eigenvalue weighted by Gasteiger charge is -2.26. The smallest absolute Gasteiger partial charge is 0.285 e. The fraction of sp³-hybridized carbons (Fsp3) is 0.444. The highest BCUT2D eigenvalue weighted by molar-refractivity contribution is 7.91. The van der Waals surface area contributed by atoms with Gasteiger partial charge in [-0.25, -0.2) is 18.1 Å². The number of nitrogens with two attached hydrogens (primary N) is 1. The van der Waals surface area contributed by atoms with Crippen LogP contribution in [0.1, 0.15) is 70.7 Å². The van der Waals surface area contributed by atoms with Crippen LogP contribution in [-0.4, -0.2) is 53.6 Å². The number of hydrogen-bond donors (Lipinski definition) is 2. The van der Waals surface area contributed by atoms with Crippen molar-refractivity contribution in [2.24, 2.45) is 5.73 Å². The molecule has 3 heterocycles. The van der Waals surface area contributed by atoms with Crippen molar-refractivity contribution >= 4 is 33.2 Å². The zero-order valence-corrected chi connectivity index (χ0v) is 24.9. The minimum absolute atomic E-state index is 0.0235. The zero-order valence-electron chi connectivity index (χ0n) is 23.3. The number of methoxy groups -OCH3 is 1. The fourth-order valence-electron chi connectivity index (χ4n) is 4.23. The average Bonchev–Trinajstić information content (AvgIpc) is 3.46. The van der Waals surface area contributed by atoms with Crippen molar-refractivity contribution in [3.05, 3.63) is 63.3 Å². The van der Waals surface area contributed by atoms with Gasteiger partial charge in [-0.3, -0.25) is 14.6 Å². The fourth-order valence-corrected chi connectivity index (χ4v) is 5.71. The highest BCUT2D eigenvalue weighted by Gasteiger charge is 2.54. The SMILES string of the molecule is COc1ccc(C2(C(=O)N(CCCc3ccc(C)o3)Cc3nc(C(=O)NS(=O)(=O)C(C)(C)N)c(C#N)s3)CC2)nc1. The van der Waals surface area contributed by atoms with Crippen LogP contribution in [0.15, 0.2) is 34.9 Å². The van der Waals surface area contributed by atoms with Gasteiger partial charge in [0.1, 0.15) is 38.1 Å². The van der Waals surface area contributed by atoms with Gasteiger partial charge in [-0.2, -0.15) is 5.26 Å². The number of pyridine rings is 1. The molecule has 3 aromatic rings. The highest BCUT2D eigenvalue weighted by Crippen LogP contribution is 2.49. The second kappa shape index (κ2) is 11.6. The molecule has 0 spiro atoms. The number of amides is 2. The van der Waals surface area contributed by atoms with Gasteiger partial charge in [0.05, 0.1) is 31.0 Å². The van der Waals surface area contributed by atoms with Crippen LogP contribution in [0, 0.1) is 18.3 Å². The molecular weight excluding hydrogens is 568 g/mol. The van der Waals surface area contributed by atoms with Crippen LogP contribution in [-0.2, 0) is 33.2 Å². The molecule has 0 aliphatic heterocycles. The van der Waals surface area contributed by atoms with Crippen molar-refractivity contribution in [3.8, 4) is 11.8 Å². The summed E-state index contributed by atoms with van der Waals surface area (Å²) in [5.41, 5.74) is 5.18. The number of ether oxygens (including phenoxy) is 1.